The van der Waals surface area contributed by atoms with Gasteiger partial charge >= 0.3 is 6.11 Å². The van der Waals surface area contributed by atoms with Crippen LogP contribution in [0.15, 0.2) is 30.3 Å². The molecule has 1 nitrogen and oxygen atoms in total. The van der Waals surface area contributed by atoms with Crippen LogP contribution in [0.1, 0.15) is 81.8 Å². The molecule has 196 valence electrons. The van der Waals surface area contributed by atoms with Crippen LogP contribution >= 0.6 is 0 Å². The van der Waals surface area contributed by atoms with Crippen LogP contribution in [0.25, 0.3) is 5.57 Å². The van der Waals surface area contributed by atoms with E-state index in [9.17, 15) is 22.0 Å². The maximum absolute atomic E-state index is 15.0. The maximum atomic E-state index is 15.0. The minimum Gasteiger partial charge on any atom is -0.432 e. The minimum atomic E-state index is -3.77. The van der Waals surface area contributed by atoms with Crippen LogP contribution < -0.4 is 4.74 Å². The molecule has 36 heavy (non-hydrogen) atoms. The van der Waals surface area contributed by atoms with Crippen molar-refractivity contribution in [2.75, 3.05) is 0 Å². The summed E-state index contributed by atoms with van der Waals surface area (Å²) in [5.74, 6) is -8.84. The van der Waals surface area contributed by atoms with Gasteiger partial charge in [0.2, 0.25) is 0 Å². The molecule has 0 radical (unpaired) electrons. The Morgan fingerprint density at radius 3 is 2.11 bits per heavy atom. The first-order chi connectivity index (χ1) is 17.1. The van der Waals surface area contributed by atoms with Crippen molar-refractivity contribution in [1.82, 2.24) is 0 Å². The van der Waals surface area contributed by atoms with E-state index in [1.807, 2.05) is 6.08 Å². The van der Waals surface area contributed by atoms with Gasteiger partial charge in [0, 0.05) is 17.7 Å². The van der Waals surface area contributed by atoms with Crippen molar-refractivity contribution in [3.8, 4) is 5.75 Å². The van der Waals surface area contributed by atoms with Crippen molar-refractivity contribution in [1.29, 1.82) is 0 Å². The van der Waals surface area contributed by atoms with Gasteiger partial charge in [0.15, 0.2) is 29.1 Å². The molecule has 0 amide bonds. The van der Waals surface area contributed by atoms with Crippen LogP contribution in [0.3, 0.4) is 0 Å². The molecule has 0 N–H and O–H groups in total. The van der Waals surface area contributed by atoms with Crippen LogP contribution in [-0.2, 0) is 0 Å². The summed E-state index contributed by atoms with van der Waals surface area (Å²) in [6.45, 7) is 2.13. The van der Waals surface area contributed by atoms with E-state index in [0.29, 0.717) is 24.5 Å². The van der Waals surface area contributed by atoms with E-state index in [2.05, 4.69) is 11.7 Å². The first-order valence-electron chi connectivity index (χ1n) is 12.5. The number of hydrogen-bond donors (Lipinski definition) is 0. The second kappa shape index (κ2) is 10.9. The van der Waals surface area contributed by atoms with E-state index in [-0.39, 0.29) is 36.8 Å². The van der Waals surface area contributed by atoms with Gasteiger partial charge in [-0.1, -0.05) is 38.0 Å². The van der Waals surface area contributed by atoms with Crippen molar-refractivity contribution in [2.45, 2.75) is 76.7 Å². The lowest BCUT2D eigenvalue weighted by atomic mass is 9.77. The summed E-state index contributed by atoms with van der Waals surface area (Å²) >= 11 is 0. The first kappa shape index (κ1) is 26.6. The standard InChI is InChI=1S/C28H29F7O/c1-2-3-16-4-6-17(7-5-16)21-12-13-22(26(32)25(21)31)18-8-10-19(11-9-18)28(34,35)36-20-14-23(29)27(33)24(30)15-20/h6,12-16,18-19H,2-5,7-11H2,1H3. The molecule has 4 rings (SSSR count). The van der Waals surface area contributed by atoms with Gasteiger partial charge in [-0.25, -0.2) is 22.0 Å². The van der Waals surface area contributed by atoms with Crippen molar-refractivity contribution in [2.24, 2.45) is 11.8 Å². The molecule has 2 aromatic carbocycles. The highest BCUT2D eigenvalue weighted by atomic mass is 19.3. The molecule has 2 aromatic rings. The summed E-state index contributed by atoms with van der Waals surface area (Å²) in [7, 11) is 0. The Bertz CT molecular complexity index is 1100. The number of halogens is 7. The monoisotopic (exact) mass is 514 g/mol. The first-order valence-corrected chi connectivity index (χ1v) is 12.5. The summed E-state index contributed by atoms with van der Waals surface area (Å²) in [6.07, 6.45) is 3.16. The van der Waals surface area contributed by atoms with Crippen molar-refractivity contribution >= 4 is 5.57 Å². The fraction of sp³-hybridized carbons (Fsp3) is 0.500. The van der Waals surface area contributed by atoms with Gasteiger partial charge in [0.05, 0.1) is 5.92 Å². The molecule has 0 spiro atoms. The highest BCUT2D eigenvalue weighted by Gasteiger charge is 2.44. The molecule has 1 fully saturated rings. The van der Waals surface area contributed by atoms with Crippen LogP contribution in [0, 0.1) is 40.9 Å². The van der Waals surface area contributed by atoms with Crippen LogP contribution in [0.5, 0.6) is 5.75 Å². The Labute approximate surface area is 206 Å². The van der Waals surface area contributed by atoms with Crippen molar-refractivity contribution in [3.05, 3.63) is 70.6 Å². The molecule has 0 aromatic heterocycles. The van der Waals surface area contributed by atoms with Gasteiger partial charge in [-0.05, 0) is 67.9 Å². The van der Waals surface area contributed by atoms with E-state index >= 15 is 8.78 Å². The molecule has 0 saturated heterocycles. The molecule has 2 aliphatic rings. The fourth-order valence-electron chi connectivity index (χ4n) is 5.50. The van der Waals surface area contributed by atoms with E-state index in [0.717, 1.165) is 31.3 Å². The van der Waals surface area contributed by atoms with Gasteiger partial charge in [-0.2, -0.15) is 8.78 Å². The number of alkyl halides is 2. The number of rotatable bonds is 7. The SMILES string of the molecule is CCCC1CC=C(c2ccc(C3CCC(C(F)(F)Oc4cc(F)c(F)c(F)c4)CC3)c(F)c2F)CC1. The van der Waals surface area contributed by atoms with Crippen LogP contribution in [0.2, 0.25) is 0 Å². The van der Waals surface area contributed by atoms with Gasteiger partial charge in [-0.15, -0.1) is 0 Å². The highest BCUT2D eigenvalue weighted by Crippen LogP contribution is 2.45. The third-order valence-electron chi connectivity index (χ3n) is 7.53. The molecular formula is C28H29F7O. The number of benzene rings is 2. The molecule has 2 aliphatic carbocycles. The van der Waals surface area contributed by atoms with E-state index in [4.69, 9.17) is 0 Å². The fourth-order valence-corrected chi connectivity index (χ4v) is 5.50. The zero-order chi connectivity index (χ0) is 26.0. The average Bonchev–Trinajstić information content (AvgIpc) is 2.85. The predicted octanol–water partition coefficient (Wildman–Crippen LogP) is 9.31. The summed E-state index contributed by atoms with van der Waals surface area (Å²) in [5.41, 5.74) is 1.24. The molecule has 1 atom stereocenters. The Hall–Kier alpha value is -2.51. The van der Waals surface area contributed by atoms with E-state index < -0.39 is 52.8 Å². The third kappa shape index (κ3) is 5.57. The van der Waals surface area contributed by atoms with Crippen LogP contribution in [0.4, 0.5) is 30.7 Å². The van der Waals surface area contributed by atoms with Crippen molar-refractivity contribution in [3.63, 3.8) is 0 Å². The molecular weight excluding hydrogens is 485 g/mol. The molecule has 0 bridgehead atoms. The maximum Gasteiger partial charge on any atom is 0.400 e. The summed E-state index contributed by atoms with van der Waals surface area (Å²) in [4.78, 5) is 0. The van der Waals surface area contributed by atoms with E-state index in [1.54, 1.807) is 12.1 Å². The minimum absolute atomic E-state index is 0.0589. The summed E-state index contributed by atoms with van der Waals surface area (Å²) in [5, 5.41) is 0. The molecule has 8 heteroatoms. The quantitative estimate of drug-likeness (QED) is 0.264. The Morgan fingerprint density at radius 2 is 1.53 bits per heavy atom. The second-order valence-electron chi connectivity index (χ2n) is 9.90. The normalized spacial score (nSPS) is 22.9. The van der Waals surface area contributed by atoms with Gasteiger partial charge in [0.1, 0.15) is 5.75 Å². The van der Waals surface area contributed by atoms with Crippen LogP contribution in [-0.4, -0.2) is 6.11 Å². The molecule has 0 heterocycles. The number of ether oxygens (including phenoxy) is 1. The largest absolute Gasteiger partial charge is 0.432 e. The lowest BCUT2D eigenvalue weighted by molar-refractivity contribution is -0.222. The topological polar surface area (TPSA) is 9.23 Å². The Balaban J connectivity index is 1.41. The number of hydrogen-bond acceptors (Lipinski definition) is 1. The average molecular weight is 515 g/mol. The van der Waals surface area contributed by atoms with Crippen molar-refractivity contribution < 1.29 is 35.5 Å². The zero-order valence-electron chi connectivity index (χ0n) is 20.0. The third-order valence-corrected chi connectivity index (χ3v) is 7.53. The molecule has 0 aliphatic heterocycles. The summed E-state index contributed by atoms with van der Waals surface area (Å²) in [6, 6.07) is 3.87. The summed E-state index contributed by atoms with van der Waals surface area (Å²) < 4.78 is 104. The lowest BCUT2D eigenvalue weighted by Crippen LogP contribution is -2.37. The predicted molar refractivity (Wildman–Crippen MR) is 123 cm³/mol. The van der Waals surface area contributed by atoms with Gasteiger partial charge in [-0.3, -0.25) is 0 Å². The number of allylic oxidation sites excluding steroid dienone is 2. The highest BCUT2D eigenvalue weighted by molar-refractivity contribution is 5.67. The molecule has 1 unspecified atom stereocenters. The molecule has 1 saturated carbocycles. The smallest absolute Gasteiger partial charge is 0.400 e. The zero-order valence-corrected chi connectivity index (χ0v) is 20.0. The van der Waals surface area contributed by atoms with Gasteiger partial charge in [0.25, 0.3) is 0 Å². The lowest BCUT2D eigenvalue weighted by Gasteiger charge is -2.33. The van der Waals surface area contributed by atoms with E-state index in [1.165, 1.54) is 0 Å². The Morgan fingerprint density at radius 1 is 0.861 bits per heavy atom. The Kier molecular flexibility index (Phi) is 8.00. The second-order valence-corrected chi connectivity index (χ2v) is 9.90. The van der Waals surface area contributed by atoms with Gasteiger partial charge < -0.3 is 4.74 Å².